The van der Waals surface area contributed by atoms with E-state index in [-0.39, 0.29) is 0 Å². The number of hydrogen-bond donors (Lipinski definition) is 1. The monoisotopic (exact) mass is 277 g/mol. The lowest BCUT2D eigenvalue weighted by molar-refractivity contribution is 0.166. The molecule has 0 aliphatic carbocycles. The fraction of sp³-hybridized carbons (Fsp3) is 1.00. The number of rotatable bonds is 8. The lowest BCUT2D eigenvalue weighted by Crippen LogP contribution is -2.37. The van der Waals surface area contributed by atoms with E-state index in [9.17, 15) is 8.42 Å². The summed E-state index contributed by atoms with van der Waals surface area (Å²) in [5, 5.41) is 3.50. The van der Waals surface area contributed by atoms with Crippen LogP contribution in [0.5, 0.6) is 0 Å². The number of nitrogens with one attached hydrogen (secondary N) is 1. The van der Waals surface area contributed by atoms with Gasteiger partial charge in [0.15, 0.2) is 9.84 Å². The van der Waals surface area contributed by atoms with E-state index in [1.165, 1.54) is 0 Å². The minimum absolute atomic E-state index is 0.337. The van der Waals surface area contributed by atoms with E-state index in [0.717, 1.165) is 32.4 Å². The molecule has 0 aromatic heterocycles. The van der Waals surface area contributed by atoms with Gasteiger partial charge in [-0.1, -0.05) is 13.8 Å². The van der Waals surface area contributed by atoms with Gasteiger partial charge in [0.2, 0.25) is 0 Å². The molecule has 18 heavy (non-hydrogen) atoms. The Hall–Kier alpha value is -0.130. The van der Waals surface area contributed by atoms with Crippen LogP contribution in [0.3, 0.4) is 0 Å². The smallest absolute Gasteiger partial charge is 0.150 e. The first-order chi connectivity index (χ1) is 8.48. The zero-order valence-electron chi connectivity index (χ0n) is 11.8. The molecule has 0 saturated carbocycles. The van der Waals surface area contributed by atoms with Gasteiger partial charge in [0.25, 0.3) is 0 Å². The molecule has 3 atom stereocenters. The molecule has 4 nitrogen and oxygen atoms in total. The number of methoxy groups -OCH3 is 1. The van der Waals surface area contributed by atoms with Crippen molar-refractivity contribution in [3.63, 3.8) is 0 Å². The van der Waals surface area contributed by atoms with Gasteiger partial charge in [-0.3, -0.25) is 0 Å². The van der Waals surface area contributed by atoms with Crippen LogP contribution in [0.25, 0.3) is 0 Å². The molecular formula is C13H27NO3S. The summed E-state index contributed by atoms with van der Waals surface area (Å²) in [6, 6.07) is 0.406. The zero-order valence-corrected chi connectivity index (χ0v) is 12.6. The molecule has 0 aromatic rings. The van der Waals surface area contributed by atoms with Crippen molar-refractivity contribution < 1.29 is 13.2 Å². The molecular weight excluding hydrogens is 250 g/mol. The third kappa shape index (κ3) is 5.24. The highest BCUT2D eigenvalue weighted by atomic mass is 32.2. The summed E-state index contributed by atoms with van der Waals surface area (Å²) in [6.45, 7) is 6.02. The fourth-order valence-electron chi connectivity index (χ4n) is 2.70. The third-order valence-corrected chi connectivity index (χ3v) is 5.68. The van der Waals surface area contributed by atoms with E-state index in [4.69, 9.17) is 4.74 Å². The van der Waals surface area contributed by atoms with Crippen LogP contribution in [0.1, 0.15) is 33.1 Å². The second-order valence-corrected chi connectivity index (χ2v) is 7.66. The first kappa shape index (κ1) is 15.9. The number of ether oxygens (including phenoxy) is 1. The van der Waals surface area contributed by atoms with Gasteiger partial charge in [-0.15, -0.1) is 0 Å². The lowest BCUT2D eigenvalue weighted by Gasteiger charge is -2.27. The van der Waals surface area contributed by atoms with Gasteiger partial charge < -0.3 is 10.1 Å². The maximum absolute atomic E-state index is 11.5. The van der Waals surface area contributed by atoms with E-state index < -0.39 is 9.84 Å². The molecule has 3 unspecified atom stereocenters. The fourth-order valence-corrected chi connectivity index (χ4v) is 4.58. The summed E-state index contributed by atoms with van der Waals surface area (Å²) in [5.74, 6) is 1.62. The van der Waals surface area contributed by atoms with E-state index in [1.807, 2.05) is 0 Å². The van der Waals surface area contributed by atoms with Crippen molar-refractivity contribution in [1.82, 2.24) is 5.32 Å². The van der Waals surface area contributed by atoms with Gasteiger partial charge in [-0.05, 0) is 37.6 Å². The highest BCUT2D eigenvalue weighted by Crippen LogP contribution is 2.26. The zero-order chi connectivity index (χ0) is 13.6. The summed E-state index contributed by atoms with van der Waals surface area (Å²) < 4.78 is 28.1. The molecule has 0 aromatic carbocycles. The van der Waals surface area contributed by atoms with Crippen LogP contribution in [0, 0.1) is 11.8 Å². The quantitative estimate of drug-likeness (QED) is 0.730. The normalized spacial score (nSPS) is 26.1. The Balaban J connectivity index is 2.47. The van der Waals surface area contributed by atoms with E-state index >= 15 is 0 Å². The van der Waals surface area contributed by atoms with Crippen molar-refractivity contribution in [1.29, 1.82) is 0 Å². The summed E-state index contributed by atoms with van der Waals surface area (Å²) in [5.41, 5.74) is 0. The Morgan fingerprint density at radius 1 is 1.44 bits per heavy atom. The second-order valence-electron chi connectivity index (χ2n) is 5.43. The molecule has 1 rings (SSSR count). The molecule has 0 radical (unpaired) electrons. The van der Waals surface area contributed by atoms with E-state index in [2.05, 4.69) is 19.2 Å². The molecule has 0 spiro atoms. The minimum Gasteiger partial charge on any atom is -0.385 e. The SMILES string of the molecule is CCNC(CC1CCS(=O)(=O)C1)C(C)CCOC. The summed E-state index contributed by atoms with van der Waals surface area (Å²) in [6.07, 6.45) is 2.83. The van der Waals surface area contributed by atoms with Gasteiger partial charge in [0, 0.05) is 19.8 Å². The predicted octanol–water partition coefficient (Wildman–Crippen LogP) is 1.46. The van der Waals surface area contributed by atoms with Gasteiger partial charge in [-0.25, -0.2) is 8.42 Å². The first-order valence-electron chi connectivity index (χ1n) is 6.91. The highest BCUT2D eigenvalue weighted by Gasteiger charge is 2.30. The molecule has 0 bridgehead atoms. The van der Waals surface area contributed by atoms with Crippen LogP contribution >= 0.6 is 0 Å². The van der Waals surface area contributed by atoms with Crippen molar-refractivity contribution in [2.75, 3.05) is 31.8 Å². The maximum Gasteiger partial charge on any atom is 0.150 e. The Morgan fingerprint density at radius 2 is 2.17 bits per heavy atom. The molecule has 108 valence electrons. The van der Waals surface area contributed by atoms with Crippen LogP contribution in [-0.2, 0) is 14.6 Å². The van der Waals surface area contributed by atoms with Crippen molar-refractivity contribution in [2.45, 2.75) is 39.2 Å². The van der Waals surface area contributed by atoms with Crippen molar-refractivity contribution in [3.05, 3.63) is 0 Å². The van der Waals surface area contributed by atoms with Crippen LogP contribution in [0.15, 0.2) is 0 Å². The van der Waals surface area contributed by atoms with Gasteiger partial charge in [0.1, 0.15) is 0 Å². The van der Waals surface area contributed by atoms with E-state index in [0.29, 0.717) is 29.4 Å². The Bertz CT molecular complexity index is 329. The van der Waals surface area contributed by atoms with Crippen LogP contribution in [0.2, 0.25) is 0 Å². The molecule has 1 fully saturated rings. The molecule has 1 saturated heterocycles. The Labute approximate surface area is 111 Å². The van der Waals surface area contributed by atoms with Crippen molar-refractivity contribution in [2.24, 2.45) is 11.8 Å². The highest BCUT2D eigenvalue weighted by molar-refractivity contribution is 7.91. The third-order valence-electron chi connectivity index (χ3n) is 3.84. The standard InChI is InChI=1S/C13H27NO3S/c1-4-14-13(11(2)5-7-17-3)9-12-6-8-18(15,16)10-12/h11-14H,4-10H2,1-3H3. The molecule has 5 heteroatoms. The van der Waals surface area contributed by atoms with Crippen LogP contribution < -0.4 is 5.32 Å². The minimum atomic E-state index is -2.75. The molecule has 0 amide bonds. The van der Waals surface area contributed by atoms with Crippen molar-refractivity contribution in [3.8, 4) is 0 Å². The molecule has 1 aliphatic rings. The van der Waals surface area contributed by atoms with Crippen molar-refractivity contribution >= 4 is 9.84 Å². The van der Waals surface area contributed by atoms with Gasteiger partial charge in [0.05, 0.1) is 11.5 Å². The number of sulfone groups is 1. The molecule has 1 heterocycles. The largest absolute Gasteiger partial charge is 0.385 e. The first-order valence-corrected chi connectivity index (χ1v) is 8.73. The van der Waals surface area contributed by atoms with E-state index in [1.54, 1.807) is 7.11 Å². The van der Waals surface area contributed by atoms with Gasteiger partial charge in [-0.2, -0.15) is 0 Å². The van der Waals surface area contributed by atoms with Gasteiger partial charge >= 0.3 is 0 Å². The lowest BCUT2D eigenvalue weighted by atomic mass is 9.89. The van der Waals surface area contributed by atoms with Crippen LogP contribution in [0.4, 0.5) is 0 Å². The molecule has 1 aliphatic heterocycles. The predicted molar refractivity (Wildman–Crippen MR) is 74.5 cm³/mol. The summed E-state index contributed by atoms with van der Waals surface area (Å²) in [7, 11) is -1.03. The van der Waals surface area contributed by atoms with Crippen LogP contribution in [-0.4, -0.2) is 46.2 Å². The Morgan fingerprint density at radius 3 is 2.67 bits per heavy atom. The summed E-state index contributed by atoms with van der Waals surface area (Å²) >= 11 is 0. The summed E-state index contributed by atoms with van der Waals surface area (Å²) in [4.78, 5) is 0. The number of hydrogen-bond acceptors (Lipinski definition) is 4. The average molecular weight is 277 g/mol. The second kappa shape index (κ2) is 7.46. The Kier molecular flexibility index (Phi) is 6.60. The average Bonchev–Trinajstić information content (AvgIpc) is 2.65. The molecule has 1 N–H and O–H groups in total. The maximum atomic E-state index is 11.5. The topological polar surface area (TPSA) is 55.4 Å².